The molecular weight excluding hydrogens is 276 g/mol. The van der Waals surface area contributed by atoms with E-state index in [1.807, 2.05) is 13.1 Å². The molecule has 0 aliphatic heterocycles. The van der Waals surface area contributed by atoms with Crippen molar-refractivity contribution in [3.63, 3.8) is 0 Å². The van der Waals surface area contributed by atoms with Crippen molar-refractivity contribution in [2.45, 2.75) is 12.5 Å². The van der Waals surface area contributed by atoms with E-state index < -0.39 is 5.82 Å². The molecule has 0 fully saturated rings. The number of benzene rings is 1. The Kier molecular flexibility index (Phi) is 4.27. The van der Waals surface area contributed by atoms with Gasteiger partial charge in [0.2, 0.25) is 0 Å². The monoisotopic (exact) mass is 287 g/mol. The van der Waals surface area contributed by atoms with Crippen LogP contribution in [-0.4, -0.2) is 7.05 Å². The third-order valence-electron chi connectivity index (χ3n) is 2.79. The number of rotatable bonds is 4. The molecule has 0 saturated carbocycles. The zero-order chi connectivity index (χ0) is 13.1. The molecule has 1 aromatic heterocycles. The van der Waals surface area contributed by atoms with Gasteiger partial charge in [-0.25, -0.2) is 4.39 Å². The van der Waals surface area contributed by atoms with E-state index in [0.717, 1.165) is 11.1 Å². The number of hydrogen-bond donors (Lipinski definition) is 1. The van der Waals surface area contributed by atoms with Crippen molar-refractivity contribution >= 4 is 23.2 Å². The van der Waals surface area contributed by atoms with Crippen LogP contribution in [-0.2, 0) is 6.42 Å². The molecule has 0 bridgehead atoms. The van der Waals surface area contributed by atoms with Crippen LogP contribution in [0.3, 0.4) is 0 Å². The first-order chi connectivity index (χ1) is 8.61. The highest BCUT2D eigenvalue weighted by Gasteiger charge is 2.16. The quantitative estimate of drug-likeness (QED) is 0.910. The Labute approximate surface area is 115 Å². The molecule has 0 spiro atoms. The minimum atomic E-state index is -0.414. The van der Waals surface area contributed by atoms with Crippen LogP contribution in [0.15, 0.2) is 34.9 Å². The summed E-state index contributed by atoms with van der Waals surface area (Å²) in [6, 6.07) is 6.50. The number of furan rings is 1. The van der Waals surface area contributed by atoms with Crippen LogP contribution in [0.2, 0.25) is 10.2 Å². The normalized spacial score (nSPS) is 12.7. The topological polar surface area (TPSA) is 25.2 Å². The molecular formula is C13H12Cl2FNO. The molecule has 96 valence electrons. The first-order valence-electron chi connectivity index (χ1n) is 5.46. The fraction of sp³-hybridized carbons (Fsp3) is 0.231. The molecule has 1 aromatic carbocycles. The summed E-state index contributed by atoms with van der Waals surface area (Å²) in [7, 11) is 1.83. The maximum absolute atomic E-state index is 13.1. The second-order valence-electron chi connectivity index (χ2n) is 3.94. The van der Waals surface area contributed by atoms with Crippen molar-refractivity contribution in [2.24, 2.45) is 0 Å². The molecule has 1 unspecified atom stereocenters. The van der Waals surface area contributed by atoms with Gasteiger partial charge in [0.05, 0.1) is 11.3 Å². The predicted molar refractivity (Wildman–Crippen MR) is 70.6 cm³/mol. The molecule has 1 N–H and O–H groups in total. The second-order valence-corrected chi connectivity index (χ2v) is 4.69. The molecule has 2 aromatic rings. The molecule has 1 atom stereocenters. The first-order valence-corrected chi connectivity index (χ1v) is 6.21. The molecule has 0 radical (unpaired) electrons. The van der Waals surface area contributed by atoms with Gasteiger partial charge >= 0.3 is 0 Å². The second kappa shape index (κ2) is 5.74. The lowest BCUT2D eigenvalue weighted by atomic mass is 10.0. The van der Waals surface area contributed by atoms with Crippen molar-refractivity contribution in [3.8, 4) is 0 Å². The van der Waals surface area contributed by atoms with Gasteiger partial charge in [0, 0.05) is 11.6 Å². The standard InChI is InChI=1S/C13H12Cl2FNO/c1-17-12(9-4-5-18-13(9)15)7-8-2-3-11(16)10(14)6-8/h2-6,12,17H,7H2,1H3. The molecule has 2 rings (SSSR count). The molecule has 18 heavy (non-hydrogen) atoms. The summed E-state index contributed by atoms with van der Waals surface area (Å²) in [6.45, 7) is 0. The summed E-state index contributed by atoms with van der Waals surface area (Å²) in [5.41, 5.74) is 1.80. The van der Waals surface area contributed by atoms with Crippen molar-refractivity contribution < 1.29 is 8.81 Å². The number of hydrogen-bond acceptors (Lipinski definition) is 2. The molecule has 0 saturated heterocycles. The van der Waals surface area contributed by atoms with Gasteiger partial charge in [0.25, 0.3) is 0 Å². The van der Waals surface area contributed by atoms with E-state index in [2.05, 4.69) is 5.32 Å². The van der Waals surface area contributed by atoms with E-state index >= 15 is 0 Å². The van der Waals surface area contributed by atoms with Gasteiger partial charge in [0.15, 0.2) is 5.22 Å². The highest BCUT2D eigenvalue weighted by atomic mass is 35.5. The van der Waals surface area contributed by atoms with E-state index in [9.17, 15) is 4.39 Å². The molecule has 0 amide bonds. The summed E-state index contributed by atoms with van der Waals surface area (Å²) in [6.07, 6.45) is 2.19. The summed E-state index contributed by atoms with van der Waals surface area (Å²) >= 11 is 11.7. The number of nitrogens with one attached hydrogen (secondary N) is 1. The minimum Gasteiger partial charge on any atom is -0.453 e. The van der Waals surface area contributed by atoms with Gasteiger partial charge < -0.3 is 9.73 Å². The Bertz CT molecular complexity index is 542. The Morgan fingerprint density at radius 2 is 2.11 bits per heavy atom. The molecule has 1 heterocycles. The van der Waals surface area contributed by atoms with Crippen LogP contribution in [0.25, 0.3) is 0 Å². The zero-order valence-corrected chi connectivity index (χ0v) is 11.2. The van der Waals surface area contributed by atoms with Crippen LogP contribution >= 0.6 is 23.2 Å². The van der Waals surface area contributed by atoms with E-state index in [-0.39, 0.29) is 11.1 Å². The van der Waals surface area contributed by atoms with Crippen molar-refractivity contribution in [3.05, 3.63) is 57.7 Å². The van der Waals surface area contributed by atoms with Gasteiger partial charge in [-0.3, -0.25) is 0 Å². The SMILES string of the molecule is CNC(Cc1ccc(F)c(Cl)c1)c1ccoc1Cl. The lowest BCUT2D eigenvalue weighted by molar-refractivity contribution is 0.544. The van der Waals surface area contributed by atoms with E-state index in [1.165, 1.54) is 6.07 Å². The highest BCUT2D eigenvalue weighted by Crippen LogP contribution is 2.27. The van der Waals surface area contributed by atoms with E-state index in [1.54, 1.807) is 18.4 Å². The number of halogens is 3. The first kappa shape index (κ1) is 13.4. The van der Waals surface area contributed by atoms with Gasteiger partial charge in [0.1, 0.15) is 5.82 Å². The third kappa shape index (κ3) is 2.86. The molecule has 2 nitrogen and oxygen atoms in total. The maximum Gasteiger partial charge on any atom is 0.197 e. The lowest BCUT2D eigenvalue weighted by Crippen LogP contribution is -2.18. The Morgan fingerprint density at radius 1 is 1.33 bits per heavy atom. The van der Waals surface area contributed by atoms with E-state index in [0.29, 0.717) is 11.6 Å². The van der Waals surface area contributed by atoms with Crippen molar-refractivity contribution in [2.75, 3.05) is 7.05 Å². The Morgan fingerprint density at radius 3 is 2.67 bits per heavy atom. The van der Waals surface area contributed by atoms with Crippen LogP contribution in [0, 0.1) is 5.82 Å². The Balaban J connectivity index is 2.20. The minimum absolute atomic E-state index is 0.00206. The van der Waals surface area contributed by atoms with Crippen LogP contribution in [0.5, 0.6) is 0 Å². The maximum atomic E-state index is 13.1. The Hall–Kier alpha value is -1.03. The van der Waals surface area contributed by atoms with Crippen LogP contribution < -0.4 is 5.32 Å². The molecule has 5 heteroatoms. The van der Waals surface area contributed by atoms with Crippen LogP contribution in [0.4, 0.5) is 4.39 Å². The van der Waals surface area contributed by atoms with Gasteiger partial charge in [-0.05, 0) is 48.8 Å². The smallest absolute Gasteiger partial charge is 0.197 e. The summed E-state index contributed by atoms with van der Waals surface area (Å²) in [4.78, 5) is 0. The highest BCUT2D eigenvalue weighted by molar-refractivity contribution is 6.30. The molecule has 0 aliphatic carbocycles. The van der Waals surface area contributed by atoms with Crippen molar-refractivity contribution in [1.29, 1.82) is 0 Å². The summed E-state index contributed by atoms with van der Waals surface area (Å²) in [5.74, 6) is -0.414. The average Bonchev–Trinajstić information content (AvgIpc) is 2.77. The average molecular weight is 288 g/mol. The van der Waals surface area contributed by atoms with Crippen molar-refractivity contribution in [1.82, 2.24) is 5.32 Å². The zero-order valence-electron chi connectivity index (χ0n) is 9.71. The lowest BCUT2D eigenvalue weighted by Gasteiger charge is -2.15. The summed E-state index contributed by atoms with van der Waals surface area (Å²) in [5, 5.41) is 3.64. The van der Waals surface area contributed by atoms with Gasteiger partial charge in [-0.1, -0.05) is 17.7 Å². The molecule has 0 aliphatic rings. The van der Waals surface area contributed by atoms with Gasteiger partial charge in [-0.2, -0.15) is 0 Å². The number of likely N-dealkylation sites (N-methyl/N-ethyl adjacent to an activating group) is 1. The van der Waals surface area contributed by atoms with Crippen LogP contribution in [0.1, 0.15) is 17.2 Å². The fourth-order valence-corrected chi connectivity index (χ4v) is 2.27. The van der Waals surface area contributed by atoms with E-state index in [4.69, 9.17) is 27.6 Å². The fourth-order valence-electron chi connectivity index (χ4n) is 1.82. The largest absolute Gasteiger partial charge is 0.453 e. The summed E-state index contributed by atoms with van der Waals surface area (Å²) < 4.78 is 18.1. The van der Waals surface area contributed by atoms with Gasteiger partial charge in [-0.15, -0.1) is 0 Å². The third-order valence-corrected chi connectivity index (χ3v) is 3.39. The predicted octanol–water partition coefficient (Wildman–Crippen LogP) is 4.23.